The standard InChI is InChI=1S/C13H29NOS/c1-4-6-10-16-11-8-7-9-13(3,12-15)14-5-2/h14-15H,4-12H2,1-3H3. The topological polar surface area (TPSA) is 32.3 Å². The van der Waals surface area contributed by atoms with Crippen LogP contribution in [0.4, 0.5) is 0 Å². The third kappa shape index (κ3) is 8.43. The zero-order chi connectivity index (χ0) is 12.3. The molecular formula is C13H29NOS. The summed E-state index contributed by atoms with van der Waals surface area (Å²) < 4.78 is 0. The number of thioether (sulfide) groups is 1. The van der Waals surface area contributed by atoms with Crippen molar-refractivity contribution in [3.63, 3.8) is 0 Å². The fourth-order valence-corrected chi connectivity index (χ4v) is 2.82. The van der Waals surface area contributed by atoms with Gasteiger partial charge in [0.2, 0.25) is 0 Å². The number of rotatable bonds is 11. The highest BCUT2D eigenvalue weighted by Gasteiger charge is 2.20. The number of unbranched alkanes of at least 4 members (excludes halogenated alkanes) is 2. The first-order valence-corrected chi connectivity index (χ1v) is 7.77. The fourth-order valence-electron chi connectivity index (χ4n) is 1.72. The molecule has 1 atom stereocenters. The van der Waals surface area contributed by atoms with Gasteiger partial charge < -0.3 is 10.4 Å². The molecule has 2 nitrogen and oxygen atoms in total. The summed E-state index contributed by atoms with van der Waals surface area (Å²) in [6, 6.07) is 0. The lowest BCUT2D eigenvalue weighted by molar-refractivity contribution is 0.165. The Morgan fingerprint density at radius 2 is 1.81 bits per heavy atom. The van der Waals surface area contributed by atoms with Crippen LogP contribution in [0.2, 0.25) is 0 Å². The van der Waals surface area contributed by atoms with Crippen LogP contribution in [0.25, 0.3) is 0 Å². The molecule has 0 saturated heterocycles. The van der Waals surface area contributed by atoms with Crippen molar-refractivity contribution in [2.24, 2.45) is 0 Å². The van der Waals surface area contributed by atoms with Gasteiger partial charge >= 0.3 is 0 Å². The zero-order valence-corrected chi connectivity index (χ0v) is 12.0. The van der Waals surface area contributed by atoms with E-state index in [1.807, 2.05) is 0 Å². The first kappa shape index (κ1) is 16.3. The minimum Gasteiger partial charge on any atom is -0.394 e. The molecule has 0 saturated carbocycles. The quantitative estimate of drug-likeness (QED) is 0.550. The van der Waals surface area contributed by atoms with Gasteiger partial charge in [0.25, 0.3) is 0 Å². The van der Waals surface area contributed by atoms with Crippen LogP contribution in [-0.4, -0.2) is 35.3 Å². The van der Waals surface area contributed by atoms with Crippen molar-refractivity contribution in [2.75, 3.05) is 24.7 Å². The zero-order valence-electron chi connectivity index (χ0n) is 11.2. The molecule has 0 fully saturated rings. The summed E-state index contributed by atoms with van der Waals surface area (Å²) in [6.07, 6.45) is 6.21. The fraction of sp³-hybridized carbons (Fsp3) is 1.00. The van der Waals surface area contributed by atoms with Crippen molar-refractivity contribution in [1.82, 2.24) is 5.32 Å². The Morgan fingerprint density at radius 3 is 2.38 bits per heavy atom. The number of nitrogens with one attached hydrogen (secondary N) is 1. The molecule has 0 aromatic heterocycles. The Morgan fingerprint density at radius 1 is 1.12 bits per heavy atom. The second kappa shape index (κ2) is 10.4. The normalized spacial score (nSPS) is 15.0. The molecule has 16 heavy (non-hydrogen) atoms. The maximum Gasteiger partial charge on any atom is 0.0610 e. The highest BCUT2D eigenvalue weighted by atomic mass is 32.2. The van der Waals surface area contributed by atoms with Gasteiger partial charge in [0.1, 0.15) is 0 Å². The molecule has 0 bridgehead atoms. The molecule has 98 valence electrons. The van der Waals surface area contributed by atoms with Crippen LogP contribution >= 0.6 is 11.8 Å². The minimum absolute atomic E-state index is 0.0666. The van der Waals surface area contributed by atoms with Crippen molar-refractivity contribution in [3.8, 4) is 0 Å². The van der Waals surface area contributed by atoms with Gasteiger partial charge in [0.05, 0.1) is 6.61 Å². The first-order chi connectivity index (χ1) is 7.68. The average molecular weight is 247 g/mol. The number of likely N-dealkylation sites (N-methyl/N-ethyl adjacent to an activating group) is 1. The number of aliphatic hydroxyl groups excluding tert-OH is 1. The molecule has 0 aliphatic carbocycles. The van der Waals surface area contributed by atoms with Gasteiger partial charge in [-0.1, -0.05) is 26.7 Å². The van der Waals surface area contributed by atoms with Crippen LogP contribution in [0.15, 0.2) is 0 Å². The third-order valence-corrected chi connectivity index (χ3v) is 4.02. The Hall–Kier alpha value is 0.270. The first-order valence-electron chi connectivity index (χ1n) is 6.62. The molecule has 3 heteroatoms. The third-order valence-electron chi connectivity index (χ3n) is 2.86. The van der Waals surface area contributed by atoms with Crippen molar-refractivity contribution in [2.45, 2.75) is 58.4 Å². The number of hydrogen-bond acceptors (Lipinski definition) is 3. The maximum atomic E-state index is 9.32. The second-order valence-electron chi connectivity index (χ2n) is 4.67. The molecule has 0 aliphatic heterocycles. The molecule has 0 radical (unpaired) electrons. The maximum absolute atomic E-state index is 9.32. The summed E-state index contributed by atoms with van der Waals surface area (Å²) in [5, 5.41) is 12.7. The van der Waals surface area contributed by atoms with Gasteiger partial charge in [0, 0.05) is 5.54 Å². The molecule has 0 aliphatic rings. The predicted octanol–water partition coefficient (Wildman–Crippen LogP) is 3.05. The molecule has 2 N–H and O–H groups in total. The average Bonchev–Trinajstić information content (AvgIpc) is 2.28. The van der Waals surface area contributed by atoms with Crippen LogP contribution < -0.4 is 5.32 Å². The van der Waals surface area contributed by atoms with E-state index in [1.165, 1.54) is 37.2 Å². The van der Waals surface area contributed by atoms with E-state index < -0.39 is 0 Å². The molecule has 0 aromatic rings. The number of aliphatic hydroxyl groups is 1. The van der Waals surface area contributed by atoms with E-state index in [4.69, 9.17) is 0 Å². The van der Waals surface area contributed by atoms with Gasteiger partial charge in [-0.05, 0) is 44.2 Å². The van der Waals surface area contributed by atoms with E-state index in [-0.39, 0.29) is 12.1 Å². The Bertz CT molecular complexity index is 155. The van der Waals surface area contributed by atoms with Crippen LogP contribution in [0.1, 0.15) is 52.9 Å². The predicted molar refractivity (Wildman–Crippen MR) is 75.3 cm³/mol. The summed E-state index contributed by atoms with van der Waals surface area (Å²) in [7, 11) is 0. The Labute approximate surface area is 106 Å². The van der Waals surface area contributed by atoms with E-state index in [9.17, 15) is 5.11 Å². The molecule has 0 amide bonds. The van der Waals surface area contributed by atoms with Gasteiger partial charge in [-0.25, -0.2) is 0 Å². The van der Waals surface area contributed by atoms with E-state index in [2.05, 4.69) is 37.8 Å². The van der Waals surface area contributed by atoms with Gasteiger partial charge in [-0.3, -0.25) is 0 Å². The molecule has 0 spiro atoms. The molecular weight excluding hydrogens is 218 g/mol. The lowest BCUT2D eigenvalue weighted by atomic mass is 9.96. The van der Waals surface area contributed by atoms with Crippen molar-refractivity contribution in [1.29, 1.82) is 0 Å². The monoisotopic (exact) mass is 247 g/mol. The summed E-state index contributed by atoms with van der Waals surface area (Å²) in [6.45, 7) is 7.62. The van der Waals surface area contributed by atoms with Crippen LogP contribution in [0.5, 0.6) is 0 Å². The van der Waals surface area contributed by atoms with E-state index >= 15 is 0 Å². The Kier molecular flexibility index (Phi) is 10.6. The summed E-state index contributed by atoms with van der Waals surface area (Å²) >= 11 is 2.07. The van der Waals surface area contributed by atoms with Crippen LogP contribution in [0, 0.1) is 0 Å². The summed E-state index contributed by atoms with van der Waals surface area (Å²) in [5.41, 5.74) is -0.0666. The Balaban J connectivity index is 3.41. The molecule has 0 aromatic carbocycles. The number of hydrogen-bond donors (Lipinski definition) is 2. The van der Waals surface area contributed by atoms with E-state index in [0.717, 1.165) is 13.0 Å². The summed E-state index contributed by atoms with van der Waals surface area (Å²) in [5.74, 6) is 2.58. The van der Waals surface area contributed by atoms with Crippen molar-refractivity contribution in [3.05, 3.63) is 0 Å². The van der Waals surface area contributed by atoms with Gasteiger partial charge in [-0.15, -0.1) is 0 Å². The molecule has 1 unspecified atom stereocenters. The highest BCUT2D eigenvalue weighted by Crippen LogP contribution is 2.15. The van der Waals surface area contributed by atoms with Crippen LogP contribution in [-0.2, 0) is 0 Å². The van der Waals surface area contributed by atoms with Gasteiger partial charge in [0.15, 0.2) is 0 Å². The SMILES string of the molecule is CCCCSCCCCC(C)(CO)NCC. The molecule has 0 heterocycles. The van der Waals surface area contributed by atoms with Crippen LogP contribution in [0.3, 0.4) is 0 Å². The summed E-state index contributed by atoms with van der Waals surface area (Å²) in [4.78, 5) is 0. The largest absolute Gasteiger partial charge is 0.394 e. The minimum atomic E-state index is -0.0666. The molecule has 0 rings (SSSR count). The lowest BCUT2D eigenvalue weighted by Crippen LogP contribution is -2.45. The highest BCUT2D eigenvalue weighted by molar-refractivity contribution is 7.99. The van der Waals surface area contributed by atoms with Crippen molar-refractivity contribution >= 4 is 11.8 Å². The second-order valence-corrected chi connectivity index (χ2v) is 5.90. The van der Waals surface area contributed by atoms with E-state index in [0.29, 0.717) is 0 Å². The lowest BCUT2D eigenvalue weighted by Gasteiger charge is -2.28. The van der Waals surface area contributed by atoms with E-state index in [1.54, 1.807) is 0 Å². The van der Waals surface area contributed by atoms with Gasteiger partial charge in [-0.2, -0.15) is 11.8 Å². The smallest absolute Gasteiger partial charge is 0.0610 e. The van der Waals surface area contributed by atoms with Crippen molar-refractivity contribution < 1.29 is 5.11 Å².